The number of ketones is 2. The third-order valence-electron chi connectivity index (χ3n) is 9.82. The molecule has 0 saturated carbocycles. The molecule has 63 heavy (non-hydrogen) atoms. The van der Waals surface area contributed by atoms with Gasteiger partial charge in [0.05, 0.1) is 13.1 Å². The van der Waals surface area contributed by atoms with Crippen LogP contribution < -0.4 is 37.2 Å². The fourth-order valence-electron chi connectivity index (χ4n) is 6.61. The van der Waals surface area contributed by atoms with Gasteiger partial charge in [-0.15, -0.1) is 0 Å². The molecule has 0 fully saturated rings. The van der Waals surface area contributed by atoms with E-state index < -0.39 is 78.5 Å². The highest BCUT2D eigenvalue weighted by molar-refractivity contribution is 6.09. The molecule has 0 aliphatic carbocycles. The molecule has 346 valence electrons. The summed E-state index contributed by atoms with van der Waals surface area (Å²) in [6, 6.07) is 10.9. The van der Waals surface area contributed by atoms with E-state index in [9.17, 15) is 43.2 Å². The van der Waals surface area contributed by atoms with Crippen molar-refractivity contribution in [3.8, 4) is 0 Å². The molecular formula is C47H69N7O9. The number of hydrogen-bond donors (Lipinski definition) is 7. The van der Waals surface area contributed by atoms with E-state index in [2.05, 4.69) is 37.2 Å². The minimum atomic E-state index is -1.05. The lowest BCUT2D eigenvalue weighted by atomic mass is 9.99. The zero-order valence-corrected chi connectivity index (χ0v) is 38.4. The van der Waals surface area contributed by atoms with Gasteiger partial charge in [0, 0.05) is 36.6 Å². The van der Waals surface area contributed by atoms with E-state index in [1.54, 1.807) is 36.4 Å². The van der Waals surface area contributed by atoms with Crippen LogP contribution in [0.4, 0.5) is 0 Å². The van der Waals surface area contributed by atoms with E-state index >= 15 is 0 Å². The number of nitrogens with one attached hydrogen (secondary N) is 7. The van der Waals surface area contributed by atoms with Gasteiger partial charge in [0.15, 0.2) is 11.6 Å². The molecule has 4 atom stereocenters. The highest BCUT2D eigenvalue weighted by Crippen LogP contribution is 2.14. The number of carbonyl (C=O) groups excluding carboxylic acids is 9. The predicted molar refractivity (Wildman–Crippen MR) is 240 cm³/mol. The number of hydrogen-bond acceptors (Lipinski definition) is 9. The van der Waals surface area contributed by atoms with E-state index in [4.69, 9.17) is 0 Å². The Morgan fingerprint density at radius 1 is 0.444 bits per heavy atom. The Hall–Kier alpha value is -5.93. The molecule has 0 heterocycles. The molecule has 2 aromatic rings. The van der Waals surface area contributed by atoms with E-state index in [0.717, 1.165) is 0 Å². The van der Waals surface area contributed by atoms with Crippen LogP contribution in [0.5, 0.6) is 0 Å². The second-order valence-electron chi connectivity index (χ2n) is 17.6. The SMILES string of the molecule is CNC(=O)CCCC(=O)N[C@@H](CC(C)C)C(=O)N[C@@H](CC(C)C)C(=O)NCC(=O)CNC(=O)[C@H](CC(C)C)NC(=O)[C@H](CC(C)C)NC(=O)c1ccc(C(=O)c2ccccc2)cc1. The zero-order chi connectivity index (χ0) is 47.2. The molecule has 0 aliphatic heterocycles. The van der Waals surface area contributed by atoms with Crippen molar-refractivity contribution in [2.75, 3.05) is 20.1 Å². The number of rotatable bonds is 27. The molecule has 0 saturated heterocycles. The quantitative estimate of drug-likeness (QED) is 0.0651. The lowest BCUT2D eigenvalue weighted by molar-refractivity contribution is -0.133. The first-order valence-electron chi connectivity index (χ1n) is 21.9. The Morgan fingerprint density at radius 3 is 1.25 bits per heavy atom. The average Bonchev–Trinajstić information content (AvgIpc) is 3.22. The van der Waals surface area contributed by atoms with Crippen molar-refractivity contribution in [2.45, 2.75) is 125 Å². The van der Waals surface area contributed by atoms with Crippen molar-refractivity contribution in [1.82, 2.24) is 37.2 Å². The molecule has 0 aliphatic rings. The third-order valence-corrected chi connectivity index (χ3v) is 9.82. The molecule has 16 heteroatoms. The van der Waals surface area contributed by atoms with Gasteiger partial charge < -0.3 is 37.2 Å². The van der Waals surface area contributed by atoms with Crippen molar-refractivity contribution in [3.63, 3.8) is 0 Å². The lowest BCUT2D eigenvalue weighted by Crippen LogP contribution is -2.55. The summed E-state index contributed by atoms with van der Waals surface area (Å²) in [7, 11) is 1.51. The fourth-order valence-corrected chi connectivity index (χ4v) is 6.61. The molecule has 0 spiro atoms. The molecule has 0 radical (unpaired) electrons. The Balaban J connectivity index is 2.04. The molecule has 7 amide bonds. The second kappa shape index (κ2) is 27.2. The summed E-state index contributed by atoms with van der Waals surface area (Å²) >= 11 is 0. The van der Waals surface area contributed by atoms with Crippen LogP contribution >= 0.6 is 0 Å². The van der Waals surface area contributed by atoms with E-state index in [1.165, 1.54) is 19.2 Å². The van der Waals surface area contributed by atoms with Gasteiger partial charge in [-0.05, 0) is 67.9 Å². The van der Waals surface area contributed by atoms with E-state index in [1.807, 2.05) is 61.5 Å². The normalized spacial score (nSPS) is 13.0. The Bertz CT molecular complexity index is 1860. The first kappa shape index (κ1) is 53.2. The number of amides is 7. The van der Waals surface area contributed by atoms with Gasteiger partial charge in [0.1, 0.15) is 24.2 Å². The van der Waals surface area contributed by atoms with E-state index in [0.29, 0.717) is 24.0 Å². The van der Waals surface area contributed by atoms with Gasteiger partial charge in [-0.1, -0.05) is 97.9 Å². The van der Waals surface area contributed by atoms with Crippen molar-refractivity contribution in [1.29, 1.82) is 0 Å². The standard InChI is InChI=1S/C47H69N7O9/c1-28(2)22-36(53-46(62)38(24-30(5)6)51-41(57)17-13-16-40(56)48-9)44(60)49-26-35(55)27-50-45(61)37(23-29(3)4)54-47(63)39(25-31(7)8)52-43(59)34-20-18-33(19-21-34)42(58)32-14-11-10-12-15-32/h10-12,14-15,18-21,28-31,36-39H,13,16-17,22-27H2,1-9H3,(H,48,56)(H,49,60)(H,50,61)(H,51,57)(H,52,59)(H,53,62)(H,54,63)/t36-,37-,38-,39-/m0/s1. The maximum absolute atomic E-state index is 13.7. The third kappa shape index (κ3) is 20.2. The summed E-state index contributed by atoms with van der Waals surface area (Å²) in [5.41, 5.74) is 1.16. The summed E-state index contributed by atoms with van der Waals surface area (Å²) in [4.78, 5) is 117. The monoisotopic (exact) mass is 876 g/mol. The Kier molecular flexibility index (Phi) is 23.0. The predicted octanol–water partition coefficient (Wildman–Crippen LogP) is 3.37. The van der Waals surface area contributed by atoms with Gasteiger partial charge in [0.2, 0.25) is 35.4 Å². The Morgan fingerprint density at radius 2 is 0.825 bits per heavy atom. The maximum Gasteiger partial charge on any atom is 0.251 e. The maximum atomic E-state index is 13.7. The summed E-state index contributed by atoms with van der Waals surface area (Å²) in [6.07, 6.45) is 1.56. The van der Waals surface area contributed by atoms with Crippen LogP contribution in [-0.4, -0.2) is 97.2 Å². The van der Waals surface area contributed by atoms with Gasteiger partial charge in [-0.3, -0.25) is 43.2 Å². The lowest BCUT2D eigenvalue weighted by Gasteiger charge is -2.25. The zero-order valence-electron chi connectivity index (χ0n) is 38.4. The molecule has 2 aromatic carbocycles. The number of carbonyl (C=O) groups is 9. The van der Waals surface area contributed by atoms with Gasteiger partial charge in [-0.2, -0.15) is 0 Å². The van der Waals surface area contributed by atoms with Gasteiger partial charge in [0.25, 0.3) is 5.91 Å². The summed E-state index contributed by atoms with van der Waals surface area (Å²) in [6.45, 7) is 14.1. The molecule has 0 bridgehead atoms. The van der Waals surface area contributed by atoms with Crippen molar-refractivity contribution in [2.24, 2.45) is 23.7 Å². The first-order chi connectivity index (χ1) is 29.7. The minimum absolute atomic E-state index is 0.00909. The average molecular weight is 876 g/mol. The van der Waals surface area contributed by atoms with Crippen LogP contribution in [0.3, 0.4) is 0 Å². The topological polar surface area (TPSA) is 238 Å². The smallest absolute Gasteiger partial charge is 0.251 e. The second-order valence-corrected chi connectivity index (χ2v) is 17.6. The van der Waals surface area contributed by atoms with Gasteiger partial charge >= 0.3 is 0 Å². The summed E-state index contributed by atoms with van der Waals surface area (Å²) < 4.78 is 0. The summed E-state index contributed by atoms with van der Waals surface area (Å²) in [5, 5.41) is 18.6. The van der Waals surface area contributed by atoms with Crippen LogP contribution in [0.1, 0.15) is 127 Å². The van der Waals surface area contributed by atoms with E-state index in [-0.39, 0.29) is 73.0 Å². The van der Waals surface area contributed by atoms with Gasteiger partial charge in [-0.25, -0.2) is 0 Å². The number of benzene rings is 2. The molecule has 0 unspecified atom stereocenters. The van der Waals surface area contributed by atoms with Crippen LogP contribution in [0, 0.1) is 23.7 Å². The summed E-state index contributed by atoms with van der Waals surface area (Å²) in [5.74, 6) is -4.27. The molecule has 2 rings (SSSR count). The van der Waals surface area contributed by atoms with Crippen molar-refractivity contribution >= 4 is 52.9 Å². The molecular weight excluding hydrogens is 807 g/mol. The highest BCUT2D eigenvalue weighted by Gasteiger charge is 2.30. The van der Waals surface area contributed by atoms with Crippen LogP contribution in [0.2, 0.25) is 0 Å². The molecule has 16 nitrogen and oxygen atoms in total. The fraction of sp³-hybridized carbons (Fsp3) is 0.553. The van der Waals surface area contributed by atoms with Crippen LogP contribution in [0.15, 0.2) is 54.6 Å². The van der Waals surface area contributed by atoms with Crippen LogP contribution in [0.25, 0.3) is 0 Å². The highest BCUT2D eigenvalue weighted by atomic mass is 16.2. The minimum Gasteiger partial charge on any atom is -0.359 e. The molecule has 7 N–H and O–H groups in total. The van der Waals surface area contributed by atoms with Crippen molar-refractivity contribution in [3.05, 3.63) is 71.3 Å². The van der Waals surface area contributed by atoms with Crippen LogP contribution in [-0.2, 0) is 33.6 Å². The van der Waals surface area contributed by atoms with Crippen molar-refractivity contribution < 1.29 is 43.2 Å². The largest absolute Gasteiger partial charge is 0.359 e. The first-order valence-corrected chi connectivity index (χ1v) is 21.9. The number of Topliss-reactive ketones (excluding diaryl/α,β-unsaturated/α-hetero) is 1. The Labute approximate surface area is 372 Å². The molecule has 0 aromatic heterocycles.